The maximum Gasteiger partial charge on any atom is 0.411 e. The summed E-state index contributed by atoms with van der Waals surface area (Å²) in [5.74, 6) is -1.78. The van der Waals surface area contributed by atoms with Crippen molar-refractivity contribution in [1.82, 2.24) is 0 Å². The summed E-state index contributed by atoms with van der Waals surface area (Å²) in [6, 6.07) is 2.19. The number of hydrogen-bond acceptors (Lipinski definition) is 3. The number of alkyl halides is 4. The molecule has 0 heterocycles. The molecule has 0 aliphatic rings. The molecule has 0 aliphatic carbocycles. The summed E-state index contributed by atoms with van der Waals surface area (Å²) >= 11 is 5.84. The minimum absolute atomic E-state index is 0.0590. The number of amides is 1. The summed E-state index contributed by atoms with van der Waals surface area (Å²) in [7, 11) is 0. The molecule has 0 bridgehead atoms. The first kappa shape index (κ1) is 17.9. The van der Waals surface area contributed by atoms with Crippen LogP contribution in [-0.2, 0) is 4.74 Å². The SMILES string of the molecule is Cc1cc(F)c(NC(=O)OCCCl)cc1SCC(F)(F)F. The largest absolute Gasteiger partial charge is 0.448 e. The Morgan fingerprint density at radius 1 is 1.43 bits per heavy atom. The van der Waals surface area contributed by atoms with Gasteiger partial charge in [0.2, 0.25) is 0 Å². The van der Waals surface area contributed by atoms with Crippen LogP contribution in [0.15, 0.2) is 17.0 Å². The summed E-state index contributed by atoms with van der Waals surface area (Å²) in [6.07, 6.45) is -5.26. The van der Waals surface area contributed by atoms with Crippen LogP contribution >= 0.6 is 23.4 Å². The van der Waals surface area contributed by atoms with E-state index in [2.05, 4.69) is 10.1 Å². The molecule has 0 aromatic heterocycles. The molecule has 0 unspecified atom stereocenters. The molecule has 1 amide bonds. The van der Waals surface area contributed by atoms with Crippen LogP contribution in [0.25, 0.3) is 0 Å². The van der Waals surface area contributed by atoms with Crippen LogP contribution in [0.5, 0.6) is 0 Å². The molecule has 0 atom stereocenters. The first-order valence-electron chi connectivity index (χ1n) is 5.72. The average molecular weight is 346 g/mol. The van der Waals surface area contributed by atoms with Gasteiger partial charge in [-0.15, -0.1) is 23.4 Å². The van der Waals surface area contributed by atoms with Gasteiger partial charge in [0.25, 0.3) is 0 Å². The molecule has 21 heavy (non-hydrogen) atoms. The monoisotopic (exact) mass is 345 g/mol. The standard InChI is InChI=1S/C12H12ClF4NO2S/c1-7-4-8(14)9(18-11(19)20-3-2-13)5-10(7)21-6-12(15,16)17/h4-5H,2-3,6H2,1H3,(H,18,19). The number of thioether (sulfide) groups is 1. The highest BCUT2D eigenvalue weighted by Gasteiger charge is 2.27. The molecule has 1 aromatic carbocycles. The molecule has 0 spiro atoms. The van der Waals surface area contributed by atoms with Crippen LogP contribution in [0.1, 0.15) is 5.56 Å². The highest BCUT2D eigenvalue weighted by Crippen LogP contribution is 2.32. The number of rotatable bonds is 5. The molecule has 0 saturated heterocycles. The van der Waals surface area contributed by atoms with Crippen molar-refractivity contribution in [3.63, 3.8) is 0 Å². The van der Waals surface area contributed by atoms with Gasteiger partial charge in [-0.3, -0.25) is 5.32 Å². The van der Waals surface area contributed by atoms with Crippen molar-refractivity contribution >= 4 is 35.1 Å². The van der Waals surface area contributed by atoms with Crippen molar-refractivity contribution in [3.8, 4) is 0 Å². The van der Waals surface area contributed by atoms with E-state index in [1.165, 1.54) is 6.92 Å². The third-order valence-corrected chi connectivity index (χ3v) is 3.58. The summed E-state index contributed by atoms with van der Waals surface area (Å²) in [4.78, 5) is 11.5. The molecule has 118 valence electrons. The van der Waals surface area contributed by atoms with Gasteiger partial charge in [0, 0.05) is 4.90 Å². The Bertz CT molecular complexity index is 511. The average Bonchev–Trinajstić information content (AvgIpc) is 2.37. The topological polar surface area (TPSA) is 38.3 Å². The summed E-state index contributed by atoms with van der Waals surface area (Å²) < 4.78 is 54.9. The number of anilines is 1. The van der Waals surface area contributed by atoms with Crippen molar-refractivity contribution in [3.05, 3.63) is 23.5 Å². The van der Waals surface area contributed by atoms with Gasteiger partial charge >= 0.3 is 12.3 Å². The van der Waals surface area contributed by atoms with Gasteiger partial charge in [0.15, 0.2) is 0 Å². The van der Waals surface area contributed by atoms with E-state index in [4.69, 9.17) is 11.6 Å². The quantitative estimate of drug-likeness (QED) is 0.482. The van der Waals surface area contributed by atoms with Crippen LogP contribution < -0.4 is 5.32 Å². The van der Waals surface area contributed by atoms with E-state index in [0.717, 1.165) is 12.1 Å². The molecule has 0 fully saturated rings. The van der Waals surface area contributed by atoms with Crippen LogP contribution in [0.2, 0.25) is 0 Å². The Labute approximate surface area is 128 Å². The smallest absolute Gasteiger partial charge is 0.411 e. The minimum atomic E-state index is -4.33. The molecular weight excluding hydrogens is 334 g/mol. The lowest BCUT2D eigenvalue weighted by atomic mass is 10.2. The lowest BCUT2D eigenvalue weighted by Gasteiger charge is -2.12. The van der Waals surface area contributed by atoms with E-state index in [0.29, 0.717) is 17.3 Å². The zero-order valence-electron chi connectivity index (χ0n) is 10.9. The maximum atomic E-state index is 13.7. The predicted octanol–water partition coefficient (Wildman–Crippen LogP) is 4.58. The molecule has 0 radical (unpaired) electrons. The van der Waals surface area contributed by atoms with Crippen molar-refractivity contribution in [2.75, 3.05) is 23.6 Å². The Morgan fingerprint density at radius 2 is 2.10 bits per heavy atom. The van der Waals surface area contributed by atoms with E-state index >= 15 is 0 Å². The first-order chi connectivity index (χ1) is 9.73. The third-order valence-electron chi connectivity index (χ3n) is 2.20. The molecular formula is C12H12ClF4NO2S. The van der Waals surface area contributed by atoms with E-state index in [1.54, 1.807) is 0 Å². The molecule has 0 saturated carbocycles. The number of carbonyl (C=O) groups is 1. The lowest BCUT2D eigenvalue weighted by molar-refractivity contribution is -0.105. The normalized spacial score (nSPS) is 11.3. The minimum Gasteiger partial charge on any atom is -0.448 e. The molecule has 9 heteroatoms. The second-order valence-electron chi connectivity index (χ2n) is 3.95. The summed E-state index contributed by atoms with van der Waals surface area (Å²) in [6.45, 7) is 1.42. The van der Waals surface area contributed by atoms with Crippen LogP contribution in [0.3, 0.4) is 0 Å². The number of benzene rings is 1. The number of halogens is 5. The number of nitrogens with one attached hydrogen (secondary N) is 1. The Hall–Kier alpha value is -1.15. The Morgan fingerprint density at radius 3 is 2.67 bits per heavy atom. The van der Waals surface area contributed by atoms with E-state index < -0.39 is 23.8 Å². The molecule has 1 aromatic rings. The fraction of sp³-hybridized carbons (Fsp3) is 0.417. The van der Waals surface area contributed by atoms with Crippen LogP contribution in [0.4, 0.5) is 28.0 Å². The lowest BCUT2D eigenvalue weighted by Crippen LogP contribution is -2.16. The fourth-order valence-corrected chi connectivity index (χ4v) is 2.23. The van der Waals surface area contributed by atoms with Crippen LogP contribution in [0, 0.1) is 12.7 Å². The van der Waals surface area contributed by atoms with Gasteiger partial charge in [0.05, 0.1) is 17.3 Å². The van der Waals surface area contributed by atoms with Gasteiger partial charge in [0.1, 0.15) is 12.4 Å². The van der Waals surface area contributed by atoms with Crippen molar-refractivity contribution < 1.29 is 27.1 Å². The molecule has 1 rings (SSSR count). The summed E-state index contributed by atoms with van der Waals surface area (Å²) in [5, 5.41) is 2.12. The van der Waals surface area contributed by atoms with Gasteiger partial charge in [-0.25, -0.2) is 9.18 Å². The fourth-order valence-electron chi connectivity index (χ4n) is 1.34. The number of ether oxygens (including phenoxy) is 1. The van der Waals surface area contributed by atoms with Gasteiger partial charge in [-0.2, -0.15) is 13.2 Å². The van der Waals surface area contributed by atoms with Gasteiger partial charge < -0.3 is 4.74 Å². The second kappa shape index (κ2) is 7.74. The van der Waals surface area contributed by atoms with E-state index in [9.17, 15) is 22.4 Å². The van der Waals surface area contributed by atoms with Crippen molar-refractivity contribution in [1.29, 1.82) is 0 Å². The second-order valence-corrected chi connectivity index (χ2v) is 5.35. The van der Waals surface area contributed by atoms with Crippen LogP contribution in [-0.4, -0.2) is 30.5 Å². The molecule has 0 aliphatic heterocycles. The Balaban J connectivity index is 2.83. The number of aryl methyl sites for hydroxylation is 1. The number of carbonyl (C=O) groups excluding carboxylic acids is 1. The highest BCUT2D eigenvalue weighted by atomic mass is 35.5. The van der Waals surface area contributed by atoms with Gasteiger partial charge in [-0.1, -0.05) is 0 Å². The van der Waals surface area contributed by atoms with E-state index in [1.807, 2.05) is 0 Å². The predicted molar refractivity (Wildman–Crippen MR) is 73.6 cm³/mol. The highest BCUT2D eigenvalue weighted by molar-refractivity contribution is 7.99. The zero-order valence-corrected chi connectivity index (χ0v) is 12.5. The maximum absolute atomic E-state index is 13.7. The zero-order chi connectivity index (χ0) is 16.0. The van der Waals surface area contributed by atoms with Crippen molar-refractivity contribution in [2.45, 2.75) is 18.0 Å². The Kier molecular flexibility index (Phi) is 6.60. The summed E-state index contributed by atoms with van der Waals surface area (Å²) in [5.41, 5.74) is 0.103. The molecule has 1 N–H and O–H groups in total. The van der Waals surface area contributed by atoms with Crippen molar-refractivity contribution in [2.24, 2.45) is 0 Å². The molecule has 3 nitrogen and oxygen atoms in total. The number of hydrogen-bond donors (Lipinski definition) is 1. The van der Waals surface area contributed by atoms with Gasteiger partial charge in [-0.05, 0) is 24.6 Å². The third kappa shape index (κ3) is 6.43. The van der Waals surface area contributed by atoms with E-state index in [-0.39, 0.29) is 23.1 Å². The first-order valence-corrected chi connectivity index (χ1v) is 7.24.